The topological polar surface area (TPSA) is 47.6 Å². The monoisotopic (exact) mass is 398 g/mol. The minimum Gasteiger partial charge on any atom is -0.368 e. The lowest BCUT2D eigenvalue weighted by molar-refractivity contribution is -0.135. The summed E-state index contributed by atoms with van der Waals surface area (Å²) in [4.78, 5) is 17.6. The molecule has 4 rings (SSSR count). The summed E-state index contributed by atoms with van der Waals surface area (Å²) in [6, 6.07) is 14.3. The first-order chi connectivity index (χ1) is 13.5. The number of piperazine rings is 1. The normalized spacial score (nSPS) is 22.5. The second-order valence-corrected chi connectivity index (χ2v) is 8.20. The van der Waals surface area contributed by atoms with Crippen molar-refractivity contribution in [2.75, 3.05) is 37.6 Å². The fraction of sp³-hybridized carbons (Fsp3) is 0.409. The van der Waals surface area contributed by atoms with Gasteiger partial charge in [-0.05, 0) is 48.7 Å². The average Bonchev–Trinajstić information content (AvgIpc) is 3.20. The van der Waals surface area contributed by atoms with Gasteiger partial charge in [0.25, 0.3) is 0 Å². The second kappa shape index (κ2) is 8.11. The highest BCUT2D eigenvalue weighted by molar-refractivity contribution is 6.30. The quantitative estimate of drug-likeness (QED) is 0.834. The zero-order chi connectivity index (χ0) is 19.7. The van der Waals surface area contributed by atoms with Gasteiger partial charge in [0, 0.05) is 43.4 Å². The smallest absolute Gasteiger partial charge is 0.229 e. The summed E-state index contributed by atoms with van der Waals surface area (Å²) >= 11 is 6.01. The zero-order valence-electron chi connectivity index (χ0n) is 16.4. The third kappa shape index (κ3) is 3.88. The highest BCUT2D eigenvalue weighted by Gasteiger charge is 2.37. The lowest BCUT2D eigenvalue weighted by atomic mass is 9.93. The average molecular weight is 399 g/mol. The molecule has 0 bridgehead atoms. The number of benzene rings is 2. The van der Waals surface area contributed by atoms with Gasteiger partial charge in [-0.2, -0.15) is 0 Å². The maximum Gasteiger partial charge on any atom is 0.229 e. The predicted molar refractivity (Wildman–Crippen MR) is 114 cm³/mol. The van der Waals surface area contributed by atoms with E-state index in [1.165, 1.54) is 16.8 Å². The van der Waals surface area contributed by atoms with Crippen LogP contribution in [0.2, 0.25) is 5.02 Å². The van der Waals surface area contributed by atoms with Crippen molar-refractivity contribution >= 4 is 23.2 Å². The first-order valence-corrected chi connectivity index (χ1v) is 10.3. The molecule has 0 aromatic heterocycles. The number of nitrogens with one attached hydrogen (secondary N) is 2. The maximum atomic E-state index is 13.2. The van der Waals surface area contributed by atoms with Crippen molar-refractivity contribution in [1.82, 2.24) is 15.8 Å². The number of rotatable bonds is 3. The molecule has 0 saturated carbocycles. The first kappa shape index (κ1) is 19.2. The Morgan fingerprint density at radius 1 is 1.04 bits per heavy atom. The number of anilines is 1. The molecule has 0 aliphatic carbocycles. The van der Waals surface area contributed by atoms with Crippen molar-refractivity contribution in [2.24, 2.45) is 5.92 Å². The van der Waals surface area contributed by atoms with E-state index < -0.39 is 0 Å². The summed E-state index contributed by atoms with van der Waals surface area (Å²) in [5.74, 6) is 0.117. The molecule has 1 amide bonds. The molecule has 148 valence electrons. The molecule has 2 atom stereocenters. The van der Waals surface area contributed by atoms with E-state index in [4.69, 9.17) is 11.6 Å². The van der Waals surface area contributed by atoms with Crippen molar-refractivity contribution in [3.05, 3.63) is 64.2 Å². The number of amides is 1. The molecule has 2 aliphatic heterocycles. The van der Waals surface area contributed by atoms with Crippen LogP contribution in [0.1, 0.15) is 22.7 Å². The molecular weight excluding hydrogens is 372 g/mol. The number of aryl methyl sites for hydroxylation is 2. The Bertz CT molecular complexity index is 846. The molecule has 6 heteroatoms. The predicted octanol–water partition coefficient (Wildman–Crippen LogP) is 3.07. The number of hydrazine groups is 1. The molecule has 0 spiro atoms. The zero-order valence-corrected chi connectivity index (χ0v) is 17.2. The Morgan fingerprint density at radius 2 is 1.75 bits per heavy atom. The molecule has 2 aromatic rings. The summed E-state index contributed by atoms with van der Waals surface area (Å²) in [6.45, 7) is 8.18. The van der Waals surface area contributed by atoms with Crippen LogP contribution in [0.3, 0.4) is 0 Å². The molecule has 5 nitrogen and oxygen atoms in total. The van der Waals surface area contributed by atoms with E-state index in [0.29, 0.717) is 11.6 Å². The Hall–Kier alpha value is -2.08. The Kier molecular flexibility index (Phi) is 5.58. The highest BCUT2D eigenvalue weighted by atomic mass is 35.5. The number of halogens is 1. The second-order valence-electron chi connectivity index (χ2n) is 7.76. The number of hydrogen-bond acceptors (Lipinski definition) is 4. The van der Waals surface area contributed by atoms with Crippen LogP contribution < -0.4 is 15.8 Å². The van der Waals surface area contributed by atoms with Gasteiger partial charge in [-0.15, -0.1) is 0 Å². The fourth-order valence-corrected chi connectivity index (χ4v) is 4.30. The summed E-state index contributed by atoms with van der Waals surface area (Å²) in [5.41, 5.74) is 11.4. The standard InChI is InChI=1S/C22H27ClN4O/c1-15-3-4-16(2)20(13-15)26-9-11-27(12-10-26)22(28)19-14-24-25-21(19)17-5-7-18(23)8-6-17/h3-8,13,19,21,24-25H,9-12,14H2,1-2H3. The molecule has 2 fully saturated rings. The minimum absolute atomic E-state index is 0.0261. The van der Waals surface area contributed by atoms with Gasteiger partial charge in [0.2, 0.25) is 5.91 Å². The number of carbonyl (C=O) groups excluding carboxylic acids is 1. The highest BCUT2D eigenvalue weighted by Crippen LogP contribution is 2.29. The number of hydrogen-bond donors (Lipinski definition) is 2. The van der Waals surface area contributed by atoms with E-state index in [1.807, 2.05) is 29.2 Å². The van der Waals surface area contributed by atoms with Gasteiger partial charge in [0.15, 0.2) is 0 Å². The van der Waals surface area contributed by atoms with E-state index >= 15 is 0 Å². The number of nitrogens with zero attached hydrogens (tertiary/aromatic N) is 2. The molecule has 2 saturated heterocycles. The summed E-state index contributed by atoms with van der Waals surface area (Å²) in [5, 5.41) is 0.708. The Labute approximate surface area is 171 Å². The van der Waals surface area contributed by atoms with Crippen LogP contribution in [0.4, 0.5) is 5.69 Å². The van der Waals surface area contributed by atoms with Crippen LogP contribution in [0.15, 0.2) is 42.5 Å². The van der Waals surface area contributed by atoms with E-state index in [-0.39, 0.29) is 17.9 Å². The third-order valence-corrected chi connectivity index (χ3v) is 6.08. The van der Waals surface area contributed by atoms with Gasteiger partial charge < -0.3 is 9.80 Å². The molecular formula is C22H27ClN4O. The van der Waals surface area contributed by atoms with Crippen LogP contribution in [0, 0.1) is 19.8 Å². The van der Waals surface area contributed by atoms with Crippen molar-refractivity contribution in [1.29, 1.82) is 0 Å². The maximum absolute atomic E-state index is 13.2. The van der Waals surface area contributed by atoms with Crippen molar-refractivity contribution in [2.45, 2.75) is 19.9 Å². The fourth-order valence-electron chi connectivity index (χ4n) is 4.18. The molecule has 2 aliphatic rings. The summed E-state index contributed by atoms with van der Waals surface area (Å²) in [7, 11) is 0. The Balaban J connectivity index is 1.42. The molecule has 2 aromatic carbocycles. The van der Waals surface area contributed by atoms with Crippen molar-refractivity contribution in [3.8, 4) is 0 Å². The van der Waals surface area contributed by atoms with Gasteiger partial charge in [0.05, 0.1) is 12.0 Å². The van der Waals surface area contributed by atoms with Crippen LogP contribution in [-0.4, -0.2) is 43.5 Å². The van der Waals surface area contributed by atoms with Crippen LogP contribution in [0.5, 0.6) is 0 Å². The molecule has 28 heavy (non-hydrogen) atoms. The lowest BCUT2D eigenvalue weighted by Crippen LogP contribution is -2.51. The third-order valence-electron chi connectivity index (χ3n) is 5.82. The van der Waals surface area contributed by atoms with Crippen molar-refractivity contribution < 1.29 is 4.79 Å². The SMILES string of the molecule is Cc1ccc(C)c(N2CCN(C(=O)C3CNNC3c3ccc(Cl)cc3)CC2)c1. The van der Waals surface area contributed by atoms with E-state index in [0.717, 1.165) is 31.7 Å². The molecule has 2 heterocycles. The van der Waals surface area contributed by atoms with Crippen molar-refractivity contribution in [3.63, 3.8) is 0 Å². The molecule has 0 radical (unpaired) electrons. The number of carbonyl (C=O) groups is 1. The minimum atomic E-state index is -0.103. The molecule has 2 N–H and O–H groups in total. The molecule has 2 unspecified atom stereocenters. The van der Waals surface area contributed by atoms with Crippen LogP contribution in [-0.2, 0) is 4.79 Å². The van der Waals surface area contributed by atoms with Gasteiger partial charge >= 0.3 is 0 Å². The van der Waals surface area contributed by atoms with Gasteiger partial charge in [-0.1, -0.05) is 35.9 Å². The van der Waals surface area contributed by atoms with Gasteiger partial charge in [0.1, 0.15) is 0 Å². The lowest BCUT2D eigenvalue weighted by Gasteiger charge is -2.38. The van der Waals surface area contributed by atoms with Crippen LogP contribution >= 0.6 is 11.6 Å². The van der Waals surface area contributed by atoms with Gasteiger partial charge in [-0.25, -0.2) is 5.43 Å². The summed E-state index contributed by atoms with van der Waals surface area (Å²) < 4.78 is 0. The largest absolute Gasteiger partial charge is 0.368 e. The summed E-state index contributed by atoms with van der Waals surface area (Å²) in [6.07, 6.45) is 0. The van der Waals surface area contributed by atoms with Crippen LogP contribution in [0.25, 0.3) is 0 Å². The van der Waals surface area contributed by atoms with E-state index in [1.54, 1.807) is 0 Å². The van der Waals surface area contributed by atoms with E-state index in [9.17, 15) is 4.79 Å². The van der Waals surface area contributed by atoms with E-state index in [2.05, 4.69) is 47.8 Å². The first-order valence-electron chi connectivity index (χ1n) is 9.88. The Morgan fingerprint density at radius 3 is 2.46 bits per heavy atom. The van der Waals surface area contributed by atoms with Gasteiger partial charge in [-0.3, -0.25) is 10.2 Å².